The fourth-order valence-electron chi connectivity index (χ4n) is 4.25. The Morgan fingerprint density at radius 2 is 1.11 bits per heavy atom. The number of nitrogens with zero attached hydrogens (tertiary/aromatic N) is 2. The summed E-state index contributed by atoms with van der Waals surface area (Å²) in [6.45, 7) is 9.33. The van der Waals surface area contributed by atoms with Crippen molar-refractivity contribution in [2.75, 3.05) is 0 Å². The van der Waals surface area contributed by atoms with E-state index in [-0.39, 0.29) is 0 Å². The molecule has 1 rings (SSSR count). The van der Waals surface area contributed by atoms with Crippen molar-refractivity contribution in [3.8, 4) is 0 Å². The molecule has 0 aliphatic carbocycles. The first-order valence-corrected chi connectivity index (χ1v) is 12.9. The lowest BCUT2D eigenvalue weighted by Crippen LogP contribution is -2.37. The van der Waals surface area contributed by atoms with Gasteiger partial charge in [-0.15, -0.1) is 0 Å². The standard InChI is InChI=1S/C26H51N2/c1-4-7-9-11-12-13-14-15-16-17-18-20-23-28-25-24-27(26(28)21-6-3)22-19-10-8-5-2/h24-25H,4-23H2,1-3H3/q+1. The normalized spacial score (nSPS) is 11.4. The fraction of sp³-hybridized carbons (Fsp3) is 0.885. The predicted molar refractivity (Wildman–Crippen MR) is 124 cm³/mol. The SMILES string of the molecule is CCCCCCCCCCCCCC[n+]1ccn(CCCCCC)c1CCC. The summed E-state index contributed by atoms with van der Waals surface area (Å²) < 4.78 is 5.07. The quantitative estimate of drug-likeness (QED) is 0.157. The second-order valence-corrected chi connectivity index (χ2v) is 8.80. The lowest BCUT2D eigenvalue weighted by molar-refractivity contribution is -0.704. The molecule has 0 aliphatic heterocycles. The lowest BCUT2D eigenvalue weighted by atomic mass is 10.1. The van der Waals surface area contributed by atoms with E-state index in [0.29, 0.717) is 0 Å². The van der Waals surface area contributed by atoms with Crippen LogP contribution in [0.2, 0.25) is 0 Å². The summed E-state index contributed by atoms with van der Waals surface area (Å²) in [7, 11) is 0. The fourth-order valence-corrected chi connectivity index (χ4v) is 4.25. The molecule has 0 saturated carbocycles. The Balaban J connectivity index is 2.11. The molecule has 1 heterocycles. The van der Waals surface area contributed by atoms with Crippen LogP contribution in [0.4, 0.5) is 0 Å². The average Bonchev–Trinajstić information content (AvgIpc) is 3.08. The molecule has 0 unspecified atom stereocenters. The van der Waals surface area contributed by atoms with E-state index in [1.54, 1.807) is 5.82 Å². The van der Waals surface area contributed by atoms with Crippen molar-refractivity contribution in [3.63, 3.8) is 0 Å². The molecule has 0 saturated heterocycles. The van der Waals surface area contributed by atoms with Gasteiger partial charge in [0, 0.05) is 6.42 Å². The zero-order valence-electron chi connectivity index (χ0n) is 19.7. The van der Waals surface area contributed by atoms with Crippen molar-refractivity contribution in [2.45, 2.75) is 149 Å². The molecule has 0 spiro atoms. The van der Waals surface area contributed by atoms with Gasteiger partial charge in [0.15, 0.2) is 0 Å². The van der Waals surface area contributed by atoms with Gasteiger partial charge in [-0.2, -0.15) is 0 Å². The second kappa shape index (κ2) is 18.3. The molecule has 0 bridgehead atoms. The summed E-state index contributed by atoms with van der Waals surface area (Å²) >= 11 is 0. The van der Waals surface area contributed by atoms with E-state index in [2.05, 4.69) is 42.3 Å². The Morgan fingerprint density at radius 3 is 1.64 bits per heavy atom. The molecule has 1 aromatic rings. The van der Waals surface area contributed by atoms with Crippen molar-refractivity contribution in [3.05, 3.63) is 18.2 Å². The highest BCUT2D eigenvalue weighted by molar-refractivity contribution is 4.84. The van der Waals surface area contributed by atoms with Crippen LogP contribution in [0.1, 0.15) is 136 Å². The molecule has 2 heteroatoms. The highest BCUT2D eigenvalue weighted by atomic mass is 15.1. The van der Waals surface area contributed by atoms with Gasteiger partial charge >= 0.3 is 0 Å². The van der Waals surface area contributed by atoms with Gasteiger partial charge in [0.2, 0.25) is 0 Å². The van der Waals surface area contributed by atoms with Gasteiger partial charge in [-0.3, -0.25) is 0 Å². The molecule has 28 heavy (non-hydrogen) atoms. The van der Waals surface area contributed by atoms with Gasteiger partial charge in [0.1, 0.15) is 12.4 Å². The molecule has 164 valence electrons. The first kappa shape index (κ1) is 25.2. The van der Waals surface area contributed by atoms with Crippen LogP contribution in [0.5, 0.6) is 0 Å². The van der Waals surface area contributed by atoms with E-state index in [1.165, 1.54) is 129 Å². The summed E-state index contributed by atoms with van der Waals surface area (Å²) in [6.07, 6.45) is 29.7. The number of hydrogen-bond acceptors (Lipinski definition) is 0. The van der Waals surface area contributed by atoms with Gasteiger partial charge in [0.05, 0.1) is 13.1 Å². The maximum atomic E-state index is 2.54. The Bertz CT molecular complexity index is 449. The third kappa shape index (κ3) is 11.9. The second-order valence-electron chi connectivity index (χ2n) is 8.80. The molecule has 0 amide bonds. The van der Waals surface area contributed by atoms with Crippen molar-refractivity contribution >= 4 is 0 Å². The Morgan fingerprint density at radius 1 is 0.607 bits per heavy atom. The topological polar surface area (TPSA) is 8.81 Å². The molecule has 0 aliphatic rings. The first-order valence-electron chi connectivity index (χ1n) is 12.9. The van der Waals surface area contributed by atoms with Gasteiger partial charge < -0.3 is 0 Å². The van der Waals surface area contributed by atoms with Crippen LogP contribution in [0.25, 0.3) is 0 Å². The van der Waals surface area contributed by atoms with Crippen LogP contribution in [0.3, 0.4) is 0 Å². The first-order chi connectivity index (χ1) is 13.8. The van der Waals surface area contributed by atoms with Crippen LogP contribution in [-0.4, -0.2) is 4.57 Å². The number of aryl methyl sites for hydroxylation is 2. The Kier molecular flexibility index (Phi) is 16.5. The highest BCUT2D eigenvalue weighted by Crippen LogP contribution is 2.12. The minimum Gasteiger partial charge on any atom is -0.234 e. The van der Waals surface area contributed by atoms with Crippen molar-refractivity contribution in [2.24, 2.45) is 0 Å². The van der Waals surface area contributed by atoms with Crippen molar-refractivity contribution in [1.82, 2.24) is 4.57 Å². The smallest absolute Gasteiger partial charge is 0.234 e. The van der Waals surface area contributed by atoms with E-state index in [0.717, 1.165) is 0 Å². The third-order valence-electron chi connectivity index (χ3n) is 6.07. The van der Waals surface area contributed by atoms with Crippen molar-refractivity contribution < 1.29 is 4.57 Å². The molecular weight excluding hydrogens is 340 g/mol. The average molecular weight is 392 g/mol. The maximum Gasteiger partial charge on any atom is 0.256 e. The maximum absolute atomic E-state index is 2.54. The molecule has 0 fully saturated rings. The van der Waals surface area contributed by atoms with Gasteiger partial charge in [-0.1, -0.05) is 97.8 Å². The molecular formula is C26H51N2+. The molecule has 0 radical (unpaired) electrons. The molecule has 1 aromatic heterocycles. The number of unbranched alkanes of at least 4 members (excludes halogenated alkanes) is 14. The minimum atomic E-state index is 1.21. The summed E-state index contributed by atoms with van der Waals surface area (Å²) in [4.78, 5) is 0. The zero-order valence-corrected chi connectivity index (χ0v) is 19.7. The Labute approximate surface area is 177 Å². The van der Waals surface area contributed by atoms with E-state index in [4.69, 9.17) is 0 Å². The molecule has 0 aromatic carbocycles. The van der Waals surface area contributed by atoms with Crippen LogP contribution < -0.4 is 4.57 Å². The van der Waals surface area contributed by atoms with Crippen LogP contribution >= 0.6 is 0 Å². The highest BCUT2D eigenvalue weighted by Gasteiger charge is 2.15. The summed E-state index contributed by atoms with van der Waals surface area (Å²) in [5.74, 6) is 1.56. The van der Waals surface area contributed by atoms with Gasteiger partial charge in [0.25, 0.3) is 5.82 Å². The summed E-state index contributed by atoms with van der Waals surface area (Å²) in [5.41, 5.74) is 0. The molecule has 0 N–H and O–H groups in total. The van der Waals surface area contributed by atoms with Crippen LogP contribution in [0.15, 0.2) is 12.4 Å². The molecule has 0 atom stereocenters. The summed E-state index contributed by atoms with van der Waals surface area (Å²) in [6, 6.07) is 0. The van der Waals surface area contributed by atoms with E-state index in [9.17, 15) is 0 Å². The zero-order chi connectivity index (χ0) is 20.3. The number of imidazole rings is 1. The largest absolute Gasteiger partial charge is 0.256 e. The monoisotopic (exact) mass is 391 g/mol. The molecule has 2 nitrogen and oxygen atoms in total. The van der Waals surface area contributed by atoms with Gasteiger partial charge in [-0.05, 0) is 32.1 Å². The Hall–Kier alpha value is -0.790. The summed E-state index contributed by atoms with van der Waals surface area (Å²) in [5, 5.41) is 0. The van der Waals surface area contributed by atoms with Crippen LogP contribution in [0, 0.1) is 0 Å². The third-order valence-corrected chi connectivity index (χ3v) is 6.07. The van der Waals surface area contributed by atoms with Crippen LogP contribution in [-0.2, 0) is 19.5 Å². The van der Waals surface area contributed by atoms with E-state index in [1.807, 2.05) is 0 Å². The number of rotatable bonds is 20. The number of aromatic nitrogens is 2. The van der Waals surface area contributed by atoms with Crippen molar-refractivity contribution in [1.29, 1.82) is 0 Å². The van der Waals surface area contributed by atoms with Gasteiger partial charge in [-0.25, -0.2) is 9.13 Å². The predicted octanol–water partition coefficient (Wildman–Crippen LogP) is 8.01. The van der Waals surface area contributed by atoms with E-state index < -0.39 is 0 Å². The minimum absolute atomic E-state index is 1.21. The van der Waals surface area contributed by atoms with E-state index >= 15 is 0 Å². The lowest BCUT2D eigenvalue weighted by Gasteiger charge is -2.05. The number of hydrogen-bond donors (Lipinski definition) is 0.